The predicted molar refractivity (Wildman–Crippen MR) is 112 cm³/mol. The summed E-state index contributed by atoms with van der Waals surface area (Å²) in [6, 6.07) is 3.46. The molecule has 30 heavy (non-hydrogen) atoms. The van der Waals surface area contributed by atoms with Crippen molar-refractivity contribution in [2.45, 2.75) is 40.5 Å². The first-order chi connectivity index (χ1) is 14.1. The van der Waals surface area contributed by atoms with E-state index in [-0.39, 0.29) is 18.4 Å². The Hall–Kier alpha value is -2.54. The van der Waals surface area contributed by atoms with Gasteiger partial charge in [-0.25, -0.2) is 0 Å². The molecule has 2 bridgehead atoms. The Labute approximate surface area is 180 Å². The van der Waals surface area contributed by atoms with E-state index in [1.807, 2.05) is 27.7 Å². The molecular formula is C22H27ClN2O5. The molecule has 0 unspecified atom stereocenters. The highest BCUT2D eigenvalue weighted by Crippen LogP contribution is 2.57. The van der Waals surface area contributed by atoms with Gasteiger partial charge in [-0.2, -0.15) is 0 Å². The van der Waals surface area contributed by atoms with Crippen LogP contribution in [0.15, 0.2) is 23.3 Å². The number of aliphatic carboxylic acids is 1. The average molecular weight is 435 g/mol. The number of amides is 2. The van der Waals surface area contributed by atoms with Gasteiger partial charge in [0.2, 0.25) is 5.91 Å². The van der Waals surface area contributed by atoms with Gasteiger partial charge in [-0.15, -0.1) is 0 Å². The lowest BCUT2D eigenvalue weighted by molar-refractivity contribution is -0.150. The van der Waals surface area contributed by atoms with Crippen molar-refractivity contribution < 1.29 is 24.2 Å². The molecule has 0 heterocycles. The molecule has 0 spiro atoms. The van der Waals surface area contributed by atoms with Gasteiger partial charge in [0.05, 0.1) is 11.8 Å². The predicted octanol–water partition coefficient (Wildman–Crippen LogP) is 3.18. The van der Waals surface area contributed by atoms with Crippen molar-refractivity contribution in [1.29, 1.82) is 0 Å². The number of hydrogen-bond donors (Lipinski definition) is 3. The number of benzene rings is 1. The molecule has 2 aliphatic carbocycles. The number of ether oxygens (including phenoxy) is 1. The minimum Gasteiger partial charge on any atom is -0.484 e. The molecule has 1 aromatic carbocycles. The van der Waals surface area contributed by atoms with Crippen LogP contribution in [0.3, 0.4) is 0 Å². The van der Waals surface area contributed by atoms with Crippen molar-refractivity contribution in [3.05, 3.63) is 39.4 Å². The summed E-state index contributed by atoms with van der Waals surface area (Å²) in [6.45, 7) is 7.31. The lowest BCUT2D eigenvalue weighted by Gasteiger charge is -2.26. The van der Waals surface area contributed by atoms with E-state index in [2.05, 4.69) is 10.9 Å². The molecule has 162 valence electrons. The molecule has 3 N–H and O–H groups in total. The molecule has 2 fully saturated rings. The van der Waals surface area contributed by atoms with Crippen molar-refractivity contribution in [3.63, 3.8) is 0 Å². The summed E-state index contributed by atoms with van der Waals surface area (Å²) in [5.74, 6) is -3.12. The number of carboxylic acid groups (broad SMARTS) is 1. The van der Waals surface area contributed by atoms with Crippen LogP contribution < -0.4 is 15.6 Å². The van der Waals surface area contributed by atoms with Crippen LogP contribution >= 0.6 is 11.6 Å². The third kappa shape index (κ3) is 4.17. The highest BCUT2D eigenvalue weighted by Gasteiger charge is 2.57. The molecule has 0 radical (unpaired) electrons. The highest BCUT2D eigenvalue weighted by molar-refractivity contribution is 6.32. The smallest absolute Gasteiger partial charge is 0.307 e. The second-order valence-corrected chi connectivity index (χ2v) is 8.71. The van der Waals surface area contributed by atoms with E-state index < -0.39 is 29.6 Å². The van der Waals surface area contributed by atoms with Crippen LogP contribution in [0.4, 0.5) is 0 Å². The van der Waals surface area contributed by atoms with Gasteiger partial charge >= 0.3 is 5.97 Å². The fourth-order valence-corrected chi connectivity index (χ4v) is 5.10. The third-order valence-electron chi connectivity index (χ3n) is 6.11. The Bertz CT molecular complexity index is 899. The zero-order chi connectivity index (χ0) is 22.2. The van der Waals surface area contributed by atoms with Gasteiger partial charge in [0.15, 0.2) is 6.61 Å². The first-order valence-electron chi connectivity index (χ1n) is 10.00. The van der Waals surface area contributed by atoms with Gasteiger partial charge in [0.25, 0.3) is 5.91 Å². The van der Waals surface area contributed by atoms with Crippen LogP contribution in [0.5, 0.6) is 5.75 Å². The van der Waals surface area contributed by atoms with Crippen molar-refractivity contribution in [3.8, 4) is 5.75 Å². The number of aryl methyl sites for hydroxylation is 2. The number of fused-ring (bicyclic) bond motifs is 2. The Morgan fingerprint density at radius 2 is 1.63 bits per heavy atom. The third-order valence-corrected chi connectivity index (χ3v) is 6.71. The number of carbonyl (C=O) groups excluding carboxylic acids is 2. The molecule has 0 aromatic heterocycles. The molecule has 0 aliphatic heterocycles. The summed E-state index contributed by atoms with van der Waals surface area (Å²) < 4.78 is 5.48. The lowest BCUT2D eigenvalue weighted by Crippen LogP contribution is -2.49. The molecule has 4 atom stereocenters. The molecule has 2 amide bonds. The highest BCUT2D eigenvalue weighted by atomic mass is 35.5. The standard InChI is InChI=1S/C22H27ClN2O5/c1-10(2)17-14-5-6-15(17)19(22(28)29)18(14)21(27)25-24-16(26)9-30-13-7-11(3)20(23)12(4)8-13/h7-8,14-15,18-19H,5-6,9H2,1-4H3,(H,24,26)(H,25,27)(H,28,29)/t14-,15+,18+,19-/m0/s1. The van der Waals surface area contributed by atoms with Crippen molar-refractivity contribution in [1.82, 2.24) is 10.9 Å². The molecule has 7 nitrogen and oxygen atoms in total. The van der Waals surface area contributed by atoms with Crippen LogP contribution in [0, 0.1) is 37.5 Å². The number of rotatable bonds is 5. The van der Waals surface area contributed by atoms with Gasteiger partial charge in [0.1, 0.15) is 5.75 Å². The molecule has 2 aliphatic rings. The SMILES string of the molecule is CC(C)=C1[C@H]2CC[C@@H]1[C@@H](C(=O)NNC(=O)COc1cc(C)c(Cl)c(C)c1)[C@H]2C(=O)O. The van der Waals surface area contributed by atoms with Gasteiger partial charge in [-0.3, -0.25) is 25.2 Å². The first-order valence-corrected chi connectivity index (χ1v) is 10.4. The number of halogens is 1. The van der Waals surface area contributed by atoms with Crippen LogP contribution in [0.1, 0.15) is 37.8 Å². The summed E-state index contributed by atoms with van der Waals surface area (Å²) in [5.41, 5.74) is 8.58. The molecule has 2 saturated carbocycles. The van der Waals surface area contributed by atoms with Crippen molar-refractivity contribution in [2.24, 2.45) is 23.7 Å². The van der Waals surface area contributed by atoms with Crippen LogP contribution in [0.2, 0.25) is 5.02 Å². The van der Waals surface area contributed by atoms with Gasteiger partial charge in [0, 0.05) is 5.02 Å². The minimum atomic E-state index is -0.968. The minimum absolute atomic E-state index is 0.0886. The van der Waals surface area contributed by atoms with E-state index >= 15 is 0 Å². The largest absolute Gasteiger partial charge is 0.484 e. The normalized spacial score (nSPS) is 24.5. The fraction of sp³-hybridized carbons (Fsp3) is 0.500. The number of hydrazine groups is 1. The zero-order valence-electron chi connectivity index (χ0n) is 17.5. The molecule has 8 heteroatoms. The van der Waals surface area contributed by atoms with Crippen LogP contribution in [-0.4, -0.2) is 29.5 Å². The van der Waals surface area contributed by atoms with E-state index in [1.54, 1.807) is 12.1 Å². The number of hydrogen-bond acceptors (Lipinski definition) is 4. The Balaban J connectivity index is 1.59. The van der Waals surface area contributed by atoms with E-state index in [0.717, 1.165) is 35.1 Å². The van der Waals surface area contributed by atoms with Gasteiger partial charge in [-0.1, -0.05) is 22.7 Å². The summed E-state index contributed by atoms with van der Waals surface area (Å²) in [6.07, 6.45) is 1.57. The molecule has 1 aromatic rings. The Morgan fingerprint density at radius 1 is 1.07 bits per heavy atom. The number of allylic oxidation sites excluding steroid dienone is 2. The van der Waals surface area contributed by atoms with E-state index in [0.29, 0.717) is 10.8 Å². The van der Waals surface area contributed by atoms with E-state index in [1.165, 1.54) is 0 Å². The topological polar surface area (TPSA) is 105 Å². The van der Waals surface area contributed by atoms with Gasteiger partial charge < -0.3 is 9.84 Å². The van der Waals surface area contributed by atoms with Crippen molar-refractivity contribution in [2.75, 3.05) is 6.61 Å². The molecule has 0 saturated heterocycles. The summed E-state index contributed by atoms with van der Waals surface area (Å²) >= 11 is 6.12. The fourth-order valence-electron chi connectivity index (χ4n) is 4.99. The second-order valence-electron chi connectivity index (χ2n) is 8.33. The molecule has 3 rings (SSSR count). The second kappa shape index (κ2) is 8.68. The summed E-state index contributed by atoms with van der Waals surface area (Å²) in [7, 11) is 0. The quantitative estimate of drug-likeness (QED) is 0.487. The maximum absolute atomic E-state index is 12.8. The maximum atomic E-state index is 12.8. The van der Waals surface area contributed by atoms with E-state index in [4.69, 9.17) is 16.3 Å². The number of carbonyl (C=O) groups is 3. The van der Waals surface area contributed by atoms with Crippen LogP contribution in [0.25, 0.3) is 0 Å². The van der Waals surface area contributed by atoms with E-state index in [9.17, 15) is 19.5 Å². The Morgan fingerprint density at radius 3 is 2.17 bits per heavy atom. The monoisotopic (exact) mass is 434 g/mol. The molecular weight excluding hydrogens is 408 g/mol. The summed E-state index contributed by atoms with van der Waals surface area (Å²) in [4.78, 5) is 36.7. The Kier molecular flexibility index (Phi) is 6.41. The maximum Gasteiger partial charge on any atom is 0.307 e. The number of carboxylic acids is 1. The summed E-state index contributed by atoms with van der Waals surface area (Å²) in [5, 5.41) is 10.3. The lowest BCUT2D eigenvalue weighted by atomic mass is 9.79. The van der Waals surface area contributed by atoms with Crippen LogP contribution in [-0.2, 0) is 14.4 Å². The van der Waals surface area contributed by atoms with Gasteiger partial charge in [-0.05, 0) is 75.6 Å². The number of nitrogens with one attached hydrogen (secondary N) is 2. The average Bonchev–Trinajstić information content (AvgIpc) is 3.25. The van der Waals surface area contributed by atoms with Crippen molar-refractivity contribution >= 4 is 29.4 Å². The first kappa shape index (κ1) is 22.2. The zero-order valence-corrected chi connectivity index (χ0v) is 18.3.